The van der Waals surface area contributed by atoms with Crippen LogP contribution in [0.1, 0.15) is 103 Å². The van der Waals surface area contributed by atoms with Gasteiger partial charge in [-0.15, -0.1) is 0 Å². The molecule has 12 nitrogen and oxygen atoms in total. The Balaban J connectivity index is 1.95. The first-order chi connectivity index (χ1) is 19.7. The largest absolute Gasteiger partial charge is 0.382 e. The number of ether oxygens (including phenoxy) is 3. The van der Waals surface area contributed by atoms with E-state index >= 15 is 0 Å². The maximum Gasteiger partial charge on any atom is 0.325 e. The summed E-state index contributed by atoms with van der Waals surface area (Å²) in [6.45, 7) is 3.77. The highest BCUT2D eigenvalue weighted by Gasteiger charge is 2.38. The van der Waals surface area contributed by atoms with Gasteiger partial charge in [0.05, 0.1) is 12.9 Å². The molecule has 0 bridgehead atoms. The molecule has 2 aromatic heterocycles. The highest BCUT2D eigenvalue weighted by Crippen LogP contribution is 2.42. The zero-order chi connectivity index (χ0) is 30.1. The molecule has 0 spiro atoms. The molecule has 0 saturated heterocycles. The molecule has 0 radical (unpaired) electrons. The lowest BCUT2D eigenvalue weighted by atomic mass is 10.0. The van der Waals surface area contributed by atoms with Gasteiger partial charge in [0.2, 0.25) is 5.95 Å². The first-order valence-electron chi connectivity index (χ1n) is 15.1. The van der Waals surface area contributed by atoms with Crippen LogP contribution in [0.15, 0.2) is 11.1 Å². The van der Waals surface area contributed by atoms with Gasteiger partial charge in [-0.25, -0.2) is 4.98 Å². The molecule has 4 N–H and O–H groups in total. The van der Waals surface area contributed by atoms with Crippen LogP contribution in [0.25, 0.3) is 11.2 Å². The molecular weight excluding hydrogens is 549 g/mol. The van der Waals surface area contributed by atoms with E-state index in [1.807, 2.05) is 0 Å². The van der Waals surface area contributed by atoms with Crippen molar-refractivity contribution in [3.8, 4) is 0 Å². The minimum absolute atomic E-state index is 0.0624. The summed E-state index contributed by atoms with van der Waals surface area (Å²) in [5.41, 5.74) is 5.52. The SMILES string of the molecule is CCCCCCCCCCCCCCCCO[C@@H]([C@@H](OP(C)(=O)O)C(COC)OC)n1cnc2c(=O)[nH]c(N)nc21. The molecule has 2 aromatic rings. The number of anilines is 1. The second kappa shape index (κ2) is 19.4. The molecule has 2 unspecified atom stereocenters. The number of nitrogens with two attached hydrogens (primary N) is 1. The summed E-state index contributed by atoms with van der Waals surface area (Å²) < 4.78 is 36.5. The van der Waals surface area contributed by atoms with E-state index in [0.717, 1.165) is 25.9 Å². The summed E-state index contributed by atoms with van der Waals surface area (Å²) in [6, 6.07) is 0. The highest BCUT2D eigenvalue weighted by atomic mass is 31.2. The second-order valence-corrected chi connectivity index (χ2v) is 12.6. The van der Waals surface area contributed by atoms with Crippen molar-refractivity contribution in [1.82, 2.24) is 19.5 Å². The number of aromatic nitrogens is 4. The maximum absolute atomic E-state index is 12.4. The van der Waals surface area contributed by atoms with E-state index in [1.165, 1.54) is 95.7 Å². The monoisotopic (exact) mass is 601 g/mol. The quantitative estimate of drug-likeness (QED) is 0.102. The molecule has 41 heavy (non-hydrogen) atoms. The van der Waals surface area contributed by atoms with Crippen molar-refractivity contribution >= 4 is 24.7 Å². The number of nitrogens with one attached hydrogen (secondary N) is 1. The van der Waals surface area contributed by atoms with E-state index in [1.54, 1.807) is 0 Å². The summed E-state index contributed by atoms with van der Waals surface area (Å²) in [5.74, 6) is -0.0871. The summed E-state index contributed by atoms with van der Waals surface area (Å²) in [7, 11) is -1.04. The lowest BCUT2D eigenvalue weighted by Gasteiger charge is -2.33. The van der Waals surface area contributed by atoms with Crippen molar-refractivity contribution in [1.29, 1.82) is 0 Å². The Bertz CT molecular complexity index is 1090. The summed E-state index contributed by atoms with van der Waals surface area (Å²) in [4.78, 5) is 33.3. The molecule has 0 aliphatic heterocycles. The second-order valence-electron chi connectivity index (χ2n) is 10.7. The van der Waals surface area contributed by atoms with Crippen LogP contribution in [-0.2, 0) is 23.3 Å². The molecule has 4 atom stereocenters. The summed E-state index contributed by atoms with van der Waals surface area (Å²) in [6.07, 6.45) is 15.9. The fourth-order valence-corrected chi connectivity index (χ4v) is 5.65. The third kappa shape index (κ3) is 12.9. The molecule has 0 fully saturated rings. The van der Waals surface area contributed by atoms with Gasteiger partial charge in [0.1, 0.15) is 12.2 Å². The third-order valence-electron chi connectivity index (χ3n) is 7.11. The van der Waals surface area contributed by atoms with Gasteiger partial charge in [0.25, 0.3) is 5.56 Å². The zero-order valence-corrected chi connectivity index (χ0v) is 26.3. The van der Waals surface area contributed by atoms with Gasteiger partial charge in [-0.3, -0.25) is 23.4 Å². The maximum atomic E-state index is 12.4. The lowest BCUT2D eigenvalue weighted by molar-refractivity contribution is -0.136. The van der Waals surface area contributed by atoms with Gasteiger partial charge in [-0.1, -0.05) is 90.4 Å². The number of nitrogens with zero attached hydrogens (tertiary/aromatic N) is 3. The van der Waals surface area contributed by atoms with E-state index in [9.17, 15) is 14.3 Å². The van der Waals surface area contributed by atoms with Crippen LogP contribution in [-0.4, -0.2) is 70.7 Å². The Morgan fingerprint density at radius 1 is 1.00 bits per heavy atom. The van der Waals surface area contributed by atoms with E-state index < -0.39 is 31.6 Å². The number of aromatic amines is 1. The molecule has 0 aromatic carbocycles. The molecule has 0 amide bonds. The van der Waals surface area contributed by atoms with Crippen LogP contribution >= 0.6 is 7.60 Å². The van der Waals surface area contributed by atoms with Crippen molar-refractivity contribution in [2.75, 3.05) is 39.8 Å². The van der Waals surface area contributed by atoms with E-state index in [0.29, 0.717) is 6.61 Å². The topological polar surface area (TPSA) is 164 Å². The average Bonchev–Trinajstić information content (AvgIpc) is 3.34. The lowest BCUT2D eigenvalue weighted by Crippen LogP contribution is -2.42. The molecule has 13 heteroatoms. The predicted octanol–water partition coefficient (Wildman–Crippen LogP) is 5.56. The number of hydrogen-bond donors (Lipinski definition) is 3. The highest BCUT2D eigenvalue weighted by molar-refractivity contribution is 7.51. The van der Waals surface area contributed by atoms with Crippen molar-refractivity contribution < 1.29 is 28.2 Å². The number of imidazole rings is 1. The van der Waals surface area contributed by atoms with Gasteiger partial charge in [-0.05, 0) is 6.42 Å². The van der Waals surface area contributed by atoms with E-state index in [4.69, 9.17) is 24.5 Å². The zero-order valence-electron chi connectivity index (χ0n) is 25.4. The van der Waals surface area contributed by atoms with Crippen molar-refractivity contribution in [2.45, 2.75) is 115 Å². The molecule has 236 valence electrons. The Morgan fingerprint density at radius 2 is 1.56 bits per heavy atom. The van der Waals surface area contributed by atoms with Crippen molar-refractivity contribution in [3.63, 3.8) is 0 Å². The molecule has 2 rings (SSSR count). The number of methoxy groups -OCH3 is 2. The van der Waals surface area contributed by atoms with Crippen LogP contribution in [0.5, 0.6) is 0 Å². The summed E-state index contributed by atoms with van der Waals surface area (Å²) >= 11 is 0. The van der Waals surface area contributed by atoms with E-state index in [2.05, 4.69) is 21.9 Å². The predicted molar refractivity (Wildman–Crippen MR) is 161 cm³/mol. The van der Waals surface area contributed by atoms with Crippen LogP contribution in [0.2, 0.25) is 0 Å². The van der Waals surface area contributed by atoms with Crippen LogP contribution in [0.4, 0.5) is 5.95 Å². The Labute approximate surface area is 244 Å². The Hall–Kier alpha value is -1.82. The standard InChI is InChI=1S/C28H52N5O7P/c1-5-6-7-8-9-10-11-12-13-14-15-16-17-18-19-39-27(24(40-41(4,35)36)22(38-3)20-37-2)33-21-30-23-25(33)31-28(29)32-26(23)34/h21-22,24,27H,5-20H2,1-4H3,(H,35,36)(H3,29,31,32,34)/t22?,24-,27-/m0/s1. The van der Waals surface area contributed by atoms with Gasteiger partial charge >= 0.3 is 7.60 Å². The molecule has 0 aliphatic carbocycles. The molecule has 2 heterocycles. The fraction of sp³-hybridized carbons (Fsp3) is 0.821. The van der Waals surface area contributed by atoms with Crippen molar-refractivity contribution in [3.05, 3.63) is 16.7 Å². The Morgan fingerprint density at radius 3 is 2.07 bits per heavy atom. The Kier molecular flexibility index (Phi) is 16.7. The van der Waals surface area contributed by atoms with Crippen LogP contribution in [0, 0.1) is 0 Å². The fourth-order valence-electron chi connectivity index (χ4n) is 4.95. The molecule has 0 saturated carbocycles. The number of rotatable bonds is 24. The van der Waals surface area contributed by atoms with Crippen LogP contribution in [0.3, 0.4) is 0 Å². The van der Waals surface area contributed by atoms with Crippen LogP contribution < -0.4 is 11.3 Å². The minimum atomic E-state index is -3.98. The first kappa shape index (κ1) is 35.4. The molecule has 0 aliphatic rings. The third-order valence-corrected chi connectivity index (χ3v) is 7.74. The number of hydrogen-bond acceptors (Lipinski definition) is 9. The van der Waals surface area contributed by atoms with Gasteiger partial charge in [0.15, 0.2) is 17.4 Å². The summed E-state index contributed by atoms with van der Waals surface area (Å²) in [5, 5.41) is 0. The number of unbranched alkanes of at least 4 members (excludes halogenated alkanes) is 13. The minimum Gasteiger partial charge on any atom is -0.382 e. The normalized spacial score (nSPS) is 15.6. The first-order valence-corrected chi connectivity index (χ1v) is 17.1. The number of H-pyrrole nitrogens is 1. The van der Waals surface area contributed by atoms with Gasteiger partial charge < -0.3 is 24.8 Å². The van der Waals surface area contributed by atoms with Gasteiger partial charge in [-0.2, -0.15) is 4.98 Å². The number of nitrogen functional groups attached to an aromatic ring is 1. The van der Waals surface area contributed by atoms with E-state index in [-0.39, 0.29) is 23.7 Å². The van der Waals surface area contributed by atoms with Gasteiger partial charge in [0, 0.05) is 27.5 Å². The smallest absolute Gasteiger partial charge is 0.325 e. The molecular formula is C28H52N5O7P. The average molecular weight is 602 g/mol. The number of fused-ring (bicyclic) bond motifs is 1. The van der Waals surface area contributed by atoms with Crippen molar-refractivity contribution in [2.24, 2.45) is 0 Å².